The maximum absolute atomic E-state index is 11.9. The number of oxime groups is 1. The summed E-state index contributed by atoms with van der Waals surface area (Å²) in [7, 11) is 2.69. The zero-order valence-electron chi connectivity index (χ0n) is 24.8. The van der Waals surface area contributed by atoms with Gasteiger partial charge >= 0.3 is 5.97 Å². The van der Waals surface area contributed by atoms with Crippen molar-refractivity contribution >= 4 is 23.3 Å². The molecule has 226 valence electrons. The van der Waals surface area contributed by atoms with Gasteiger partial charge in [0.2, 0.25) is 0 Å². The van der Waals surface area contributed by atoms with Crippen molar-refractivity contribution in [2.75, 3.05) is 14.2 Å². The summed E-state index contributed by atoms with van der Waals surface area (Å²) in [6, 6.07) is 22.6. The second kappa shape index (κ2) is 14.8. The highest BCUT2D eigenvalue weighted by Gasteiger charge is 2.44. The van der Waals surface area contributed by atoms with E-state index in [1.165, 1.54) is 33.4 Å². The van der Waals surface area contributed by atoms with E-state index in [1.807, 2.05) is 73.7 Å². The van der Waals surface area contributed by atoms with Crippen LogP contribution in [0.3, 0.4) is 0 Å². The first kappa shape index (κ1) is 31.7. The lowest BCUT2D eigenvalue weighted by molar-refractivity contribution is -0.132. The van der Waals surface area contributed by atoms with Crippen LogP contribution < -0.4 is 4.74 Å². The van der Waals surface area contributed by atoms with Gasteiger partial charge in [-0.1, -0.05) is 78.3 Å². The normalized spacial score (nSPS) is 15.0. The number of halogens is 1. The van der Waals surface area contributed by atoms with Crippen molar-refractivity contribution in [1.82, 2.24) is 14.8 Å². The monoisotopic (exact) mass is 604 g/mol. The zero-order valence-corrected chi connectivity index (χ0v) is 25.6. The molecular weight excluding hydrogens is 568 g/mol. The molecule has 0 radical (unpaired) electrons. The number of esters is 1. The van der Waals surface area contributed by atoms with Crippen molar-refractivity contribution in [3.05, 3.63) is 113 Å². The highest BCUT2D eigenvalue weighted by molar-refractivity contribution is 6.43. The number of aliphatic hydroxyl groups is 1. The molecule has 2 unspecified atom stereocenters. The quantitative estimate of drug-likeness (QED) is 0.128. The van der Waals surface area contributed by atoms with Crippen LogP contribution in [0, 0.1) is 18.8 Å². The van der Waals surface area contributed by atoms with Crippen LogP contribution in [-0.4, -0.2) is 45.8 Å². The fourth-order valence-corrected chi connectivity index (χ4v) is 5.05. The molecular formula is C33H37ClN4O5. The number of ether oxygens (including phenoxy) is 2. The van der Waals surface area contributed by atoms with Gasteiger partial charge in [0, 0.05) is 10.6 Å². The Bertz CT molecular complexity index is 1510. The molecule has 1 aliphatic carbocycles. The third kappa shape index (κ3) is 8.21. The van der Waals surface area contributed by atoms with Gasteiger partial charge in [-0.15, -0.1) is 0 Å². The summed E-state index contributed by atoms with van der Waals surface area (Å²) >= 11 is 5.95. The van der Waals surface area contributed by atoms with E-state index in [1.54, 1.807) is 17.1 Å². The first-order chi connectivity index (χ1) is 20.8. The lowest BCUT2D eigenvalue weighted by Gasteiger charge is -2.35. The number of nitrogens with zero attached hydrogens (tertiary/aromatic N) is 4. The number of carbonyl (C=O) groups is 1. The van der Waals surface area contributed by atoms with Gasteiger partial charge in [0.05, 0.1) is 13.7 Å². The van der Waals surface area contributed by atoms with E-state index >= 15 is 0 Å². The van der Waals surface area contributed by atoms with Gasteiger partial charge in [-0.3, -0.25) is 0 Å². The molecule has 4 aromatic rings. The summed E-state index contributed by atoms with van der Waals surface area (Å²) in [5, 5.41) is 19.9. The summed E-state index contributed by atoms with van der Waals surface area (Å²) in [5.74, 6) is 0.993. The Hall–Kier alpha value is -4.21. The van der Waals surface area contributed by atoms with Crippen molar-refractivity contribution in [3.63, 3.8) is 0 Å². The molecule has 1 N–H and O–H groups in total. The Morgan fingerprint density at radius 2 is 1.79 bits per heavy atom. The maximum atomic E-state index is 11.9. The summed E-state index contributed by atoms with van der Waals surface area (Å²) in [6.45, 7) is 4.81. The van der Waals surface area contributed by atoms with Crippen LogP contribution in [0.2, 0.25) is 5.02 Å². The van der Waals surface area contributed by atoms with Crippen LogP contribution >= 0.6 is 11.6 Å². The molecule has 1 aromatic heterocycles. The third-order valence-corrected chi connectivity index (χ3v) is 7.86. The molecule has 1 aliphatic rings. The molecule has 0 amide bonds. The average molecular weight is 605 g/mol. The number of hydrogen-bond acceptors (Lipinski definition) is 8. The summed E-state index contributed by atoms with van der Waals surface area (Å²) < 4.78 is 12.3. The van der Waals surface area contributed by atoms with Gasteiger partial charge in [-0.25, -0.2) is 14.5 Å². The topological polar surface area (TPSA) is 108 Å². The molecule has 0 spiro atoms. The van der Waals surface area contributed by atoms with E-state index in [9.17, 15) is 9.90 Å². The van der Waals surface area contributed by atoms with E-state index in [2.05, 4.69) is 22.2 Å². The van der Waals surface area contributed by atoms with Crippen LogP contribution in [0.5, 0.6) is 5.75 Å². The second-order valence-electron chi connectivity index (χ2n) is 10.5. The number of methoxy groups -OCH3 is 1. The highest BCUT2D eigenvalue weighted by Crippen LogP contribution is 2.46. The summed E-state index contributed by atoms with van der Waals surface area (Å²) in [6.07, 6.45) is 5.51. The summed E-state index contributed by atoms with van der Waals surface area (Å²) in [4.78, 5) is 20.6. The Morgan fingerprint density at radius 3 is 2.42 bits per heavy atom. The second-order valence-corrected chi connectivity index (χ2v) is 10.9. The highest BCUT2D eigenvalue weighted by atomic mass is 35.5. The van der Waals surface area contributed by atoms with Gasteiger partial charge in [0.15, 0.2) is 5.71 Å². The Morgan fingerprint density at radius 1 is 1.09 bits per heavy atom. The van der Waals surface area contributed by atoms with Crippen LogP contribution in [0.4, 0.5) is 0 Å². The minimum Gasteiger partial charge on any atom is -0.489 e. The molecule has 1 fully saturated rings. The predicted molar refractivity (Wildman–Crippen MR) is 165 cm³/mol. The lowest BCUT2D eigenvalue weighted by Crippen LogP contribution is -2.39. The largest absolute Gasteiger partial charge is 0.489 e. The van der Waals surface area contributed by atoms with Gasteiger partial charge in [-0.2, -0.15) is 5.10 Å². The molecule has 2 atom stereocenters. The number of rotatable bonds is 11. The maximum Gasteiger partial charge on any atom is 0.360 e. The first-order valence-corrected chi connectivity index (χ1v) is 14.4. The Kier molecular flexibility index (Phi) is 10.9. The lowest BCUT2D eigenvalue weighted by atomic mass is 9.79. The van der Waals surface area contributed by atoms with Crippen molar-refractivity contribution in [3.8, 4) is 5.75 Å². The number of hydrogen-bond donors (Lipinski definition) is 1. The molecule has 5 rings (SSSR count). The number of carbonyl (C=O) groups excluding carboxylic acids is 1. The molecule has 1 heterocycles. The van der Waals surface area contributed by atoms with Gasteiger partial charge in [0.25, 0.3) is 0 Å². The van der Waals surface area contributed by atoms with Crippen LogP contribution in [0.1, 0.15) is 42.0 Å². The zero-order chi connectivity index (χ0) is 30.8. The smallest absolute Gasteiger partial charge is 0.360 e. The van der Waals surface area contributed by atoms with E-state index in [-0.39, 0.29) is 11.6 Å². The van der Waals surface area contributed by atoms with Crippen LogP contribution in [0.15, 0.2) is 90.6 Å². The van der Waals surface area contributed by atoms with E-state index in [0.717, 1.165) is 22.4 Å². The third-order valence-electron chi connectivity index (χ3n) is 7.61. The van der Waals surface area contributed by atoms with E-state index < -0.39 is 11.6 Å². The molecule has 0 saturated heterocycles. The van der Waals surface area contributed by atoms with Gasteiger partial charge < -0.3 is 19.4 Å². The fourth-order valence-electron chi connectivity index (χ4n) is 4.92. The molecule has 0 bridgehead atoms. The molecule has 1 saturated carbocycles. The minimum absolute atomic E-state index is 0.110. The van der Waals surface area contributed by atoms with Gasteiger partial charge in [-0.05, 0) is 66.5 Å². The summed E-state index contributed by atoms with van der Waals surface area (Å²) in [5.41, 5.74) is 2.53. The van der Waals surface area contributed by atoms with Crippen molar-refractivity contribution < 1.29 is 24.2 Å². The van der Waals surface area contributed by atoms with Crippen LogP contribution in [-0.2, 0) is 33.1 Å². The number of benzene rings is 3. The van der Waals surface area contributed by atoms with Crippen molar-refractivity contribution in [1.29, 1.82) is 0 Å². The minimum atomic E-state index is -0.945. The predicted octanol–water partition coefficient (Wildman–Crippen LogP) is 5.96. The molecule has 10 heteroatoms. The molecule has 0 aliphatic heterocycles. The first-order valence-electron chi connectivity index (χ1n) is 14.0. The van der Waals surface area contributed by atoms with Crippen LogP contribution in [0.25, 0.3) is 0 Å². The Labute approximate surface area is 257 Å². The number of aryl methyl sites for hydroxylation is 1. The van der Waals surface area contributed by atoms with E-state index in [0.29, 0.717) is 29.7 Å². The average Bonchev–Trinajstić information content (AvgIpc) is 3.75. The molecule has 3 aromatic carbocycles. The van der Waals surface area contributed by atoms with Gasteiger partial charge in [0.1, 0.15) is 37.7 Å². The number of para-hydroxylation sites is 1. The van der Waals surface area contributed by atoms with Crippen molar-refractivity contribution in [2.24, 2.45) is 17.0 Å². The molecule has 9 nitrogen and oxygen atoms in total. The molecule has 43 heavy (non-hydrogen) atoms. The standard InChI is InChI=1S/C18H19NO4.C15H18ClN3O/c1-13-8-4-7-11-16(13)23-12-14-9-5-6-10-15(14)17(19-22-3)18(20)21-2;1-11(12-2-3-12)15(20,8-19-10-17-9-18-19)13-4-6-14(16)7-5-13/h4-11H,12H2,1-3H3;4-7,9-12,20H,2-3,8H2,1H3/b19-17+;. The fraction of sp³-hybridized carbons (Fsp3) is 0.333. The van der Waals surface area contributed by atoms with E-state index in [4.69, 9.17) is 25.9 Å². The SMILES string of the molecule is CC(C1CC1)C(O)(Cn1cncn1)c1ccc(Cl)cc1.CO/N=C(/C(=O)OC)c1ccccc1COc1ccccc1C. The Balaban J connectivity index is 0.000000198. The number of aromatic nitrogens is 3. The van der Waals surface area contributed by atoms with Crippen molar-refractivity contribution in [2.45, 2.75) is 45.4 Å².